The number of nitrogens with one attached hydrogen (secondary N) is 1. The molecule has 2 aromatic rings. The standard InChI is InChI=1S/C22H26Cl2N4O2/c1-15(29)30-19-6-5-16(17-14-18(23)22(24)26-21(17)19)7-9-27-10-12-28(13-11-27)20-4-2-3-8-25-20/h2-6,8,18,22,26H,7,9-14H2,1H3. The van der Waals surface area contributed by atoms with Gasteiger partial charge < -0.3 is 15.0 Å². The van der Waals surface area contributed by atoms with Crippen LogP contribution < -0.4 is 15.0 Å². The van der Waals surface area contributed by atoms with Crippen LogP contribution in [0.1, 0.15) is 18.1 Å². The number of esters is 1. The van der Waals surface area contributed by atoms with Crippen molar-refractivity contribution in [2.45, 2.75) is 30.6 Å². The molecule has 1 aromatic carbocycles. The molecule has 6 nitrogen and oxygen atoms in total. The molecule has 8 heteroatoms. The van der Waals surface area contributed by atoms with Crippen LogP contribution in [0, 0.1) is 0 Å². The van der Waals surface area contributed by atoms with Crippen LogP contribution in [0.2, 0.25) is 0 Å². The number of carbonyl (C=O) groups excluding carboxylic acids is 1. The number of ether oxygens (including phenoxy) is 1. The third-order valence-corrected chi connectivity index (χ3v) is 6.62. The molecule has 1 N–H and O–H groups in total. The first kappa shape index (κ1) is 21.2. The van der Waals surface area contributed by atoms with E-state index in [0.717, 1.165) is 56.2 Å². The second kappa shape index (κ2) is 9.41. The normalized spacial score (nSPS) is 21.6. The zero-order chi connectivity index (χ0) is 21.1. The van der Waals surface area contributed by atoms with Crippen molar-refractivity contribution in [1.82, 2.24) is 9.88 Å². The minimum Gasteiger partial charge on any atom is -0.424 e. The maximum Gasteiger partial charge on any atom is 0.308 e. The van der Waals surface area contributed by atoms with Crippen molar-refractivity contribution in [1.29, 1.82) is 0 Å². The Balaban J connectivity index is 1.41. The van der Waals surface area contributed by atoms with Gasteiger partial charge in [0.1, 0.15) is 11.3 Å². The molecule has 0 saturated carbocycles. The minimum absolute atomic E-state index is 0.215. The summed E-state index contributed by atoms with van der Waals surface area (Å²) in [6, 6.07) is 9.92. The number of hydrogen-bond donors (Lipinski definition) is 1. The van der Waals surface area contributed by atoms with Crippen molar-refractivity contribution in [2.24, 2.45) is 0 Å². The van der Waals surface area contributed by atoms with E-state index in [-0.39, 0.29) is 11.3 Å². The van der Waals surface area contributed by atoms with Crippen LogP contribution in [0.4, 0.5) is 11.5 Å². The van der Waals surface area contributed by atoms with E-state index in [4.69, 9.17) is 27.9 Å². The van der Waals surface area contributed by atoms with Gasteiger partial charge >= 0.3 is 5.97 Å². The molecule has 1 saturated heterocycles. The number of nitrogens with zero attached hydrogens (tertiary/aromatic N) is 3. The lowest BCUT2D eigenvalue weighted by Crippen LogP contribution is -2.47. The first-order valence-corrected chi connectivity index (χ1v) is 11.1. The van der Waals surface area contributed by atoms with Gasteiger partial charge in [0, 0.05) is 45.8 Å². The largest absolute Gasteiger partial charge is 0.424 e. The first-order valence-electron chi connectivity index (χ1n) is 10.3. The topological polar surface area (TPSA) is 57.7 Å². The number of carbonyl (C=O) groups is 1. The zero-order valence-corrected chi connectivity index (χ0v) is 18.5. The lowest BCUT2D eigenvalue weighted by molar-refractivity contribution is -0.131. The summed E-state index contributed by atoms with van der Waals surface area (Å²) in [7, 11) is 0. The molecule has 2 aliphatic heterocycles. The summed E-state index contributed by atoms with van der Waals surface area (Å²) in [6.45, 7) is 6.32. The van der Waals surface area contributed by atoms with Crippen LogP contribution >= 0.6 is 23.2 Å². The molecule has 1 aromatic heterocycles. The third-order valence-electron chi connectivity index (χ3n) is 5.67. The molecule has 4 rings (SSSR count). The molecule has 0 radical (unpaired) electrons. The second-order valence-corrected chi connectivity index (χ2v) is 8.73. The number of hydrogen-bond acceptors (Lipinski definition) is 6. The number of benzene rings is 1. The average Bonchev–Trinajstić information content (AvgIpc) is 2.75. The molecule has 2 unspecified atom stereocenters. The van der Waals surface area contributed by atoms with E-state index < -0.39 is 5.50 Å². The maximum atomic E-state index is 11.5. The van der Waals surface area contributed by atoms with Crippen LogP contribution in [0.5, 0.6) is 5.75 Å². The predicted octanol–water partition coefficient (Wildman–Crippen LogP) is 3.51. The molecule has 0 amide bonds. The number of rotatable bonds is 5. The summed E-state index contributed by atoms with van der Waals surface area (Å²) in [5.74, 6) is 1.21. The van der Waals surface area contributed by atoms with E-state index in [9.17, 15) is 4.79 Å². The highest BCUT2D eigenvalue weighted by atomic mass is 35.5. The summed E-state index contributed by atoms with van der Waals surface area (Å²) in [5.41, 5.74) is 2.70. The van der Waals surface area contributed by atoms with Crippen molar-refractivity contribution in [3.05, 3.63) is 47.7 Å². The molecule has 160 valence electrons. The van der Waals surface area contributed by atoms with Crippen molar-refractivity contribution in [2.75, 3.05) is 42.9 Å². The summed E-state index contributed by atoms with van der Waals surface area (Å²) < 4.78 is 5.37. The monoisotopic (exact) mass is 448 g/mol. The Hall–Kier alpha value is -2.02. The fourth-order valence-electron chi connectivity index (χ4n) is 4.08. The van der Waals surface area contributed by atoms with E-state index in [1.807, 2.05) is 30.5 Å². The summed E-state index contributed by atoms with van der Waals surface area (Å²) in [5, 5.41) is 3.00. The highest BCUT2D eigenvalue weighted by molar-refractivity contribution is 6.31. The highest BCUT2D eigenvalue weighted by Gasteiger charge is 2.29. The fraction of sp³-hybridized carbons (Fsp3) is 0.455. The highest BCUT2D eigenvalue weighted by Crippen LogP contribution is 2.39. The summed E-state index contributed by atoms with van der Waals surface area (Å²) >= 11 is 12.7. The first-order chi connectivity index (χ1) is 14.5. The van der Waals surface area contributed by atoms with Crippen molar-refractivity contribution in [3.63, 3.8) is 0 Å². The lowest BCUT2D eigenvalue weighted by atomic mass is 9.94. The quantitative estimate of drug-likeness (QED) is 0.326. The number of alkyl halides is 2. The Morgan fingerprint density at radius 3 is 2.70 bits per heavy atom. The van der Waals surface area contributed by atoms with Gasteiger partial charge in [-0.15, -0.1) is 11.6 Å². The van der Waals surface area contributed by atoms with E-state index in [0.29, 0.717) is 12.2 Å². The van der Waals surface area contributed by atoms with Crippen molar-refractivity contribution < 1.29 is 9.53 Å². The van der Waals surface area contributed by atoms with Gasteiger partial charge in [0.05, 0.1) is 11.1 Å². The molecule has 2 aliphatic rings. The van der Waals surface area contributed by atoms with Crippen molar-refractivity contribution in [3.8, 4) is 5.75 Å². The average molecular weight is 449 g/mol. The van der Waals surface area contributed by atoms with Gasteiger partial charge in [-0.2, -0.15) is 0 Å². The van der Waals surface area contributed by atoms with Gasteiger partial charge in [0.2, 0.25) is 0 Å². The Morgan fingerprint density at radius 2 is 2.00 bits per heavy atom. The van der Waals surface area contributed by atoms with E-state index in [1.165, 1.54) is 12.5 Å². The molecule has 30 heavy (non-hydrogen) atoms. The van der Waals surface area contributed by atoms with Gasteiger partial charge in [-0.1, -0.05) is 23.7 Å². The molecular weight excluding hydrogens is 423 g/mol. The van der Waals surface area contributed by atoms with Crippen LogP contribution in [0.3, 0.4) is 0 Å². The van der Waals surface area contributed by atoms with E-state index in [1.54, 1.807) is 0 Å². The number of pyridine rings is 1. The van der Waals surface area contributed by atoms with Gasteiger partial charge in [-0.05, 0) is 42.2 Å². The van der Waals surface area contributed by atoms with Crippen LogP contribution in [-0.4, -0.2) is 59.5 Å². The molecule has 3 heterocycles. The Kier molecular flexibility index (Phi) is 6.66. The number of anilines is 2. The molecule has 2 atom stereocenters. The number of aromatic nitrogens is 1. The molecule has 1 fully saturated rings. The second-order valence-electron chi connectivity index (χ2n) is 7.70. The summed E-state index contributed by atoms with van der Waals surface area (Å²) in [6.07, 6.45) is 3.40. The Labute approximate surface area is 187 Å². The fourth-order valence-corrected chi connectivity index (χ4v) is 4.50. The summed E-state index contributed by atoms with van der Waals surface area (Å²) in [4.78, 5) is 20.7. The van der Waals surface area contributed by atoms with Crippen LogP contribution in [-0.2, 0) is 17.6 Å². The molecular formula is C22H26Cl2N4O2. The van der Waals surface area contributed by atoms with Gasteiger partial charge in [-0.25, -0.2) is 4.98 Å². The Bertz CT molecular complexity index is 888. The predicted molar refractivity (Wildman–Crippen MR) is 121 cm³/mol. The molecule has 0 bridgehead atoms. The number of fused-ring (bicyclic) bond motifs is 1. The van der Waals surface area contributed by atoms with Crippen LogP contribution in [0.15, 0.2) is 36.5 Å². The number of halogens is 2. The smallest absolute Gasteiger partial charge is 0.308 e. The maximum absolute atomic E-state index is 11.5. The lowest BCUT2D eigenvalue weighted by Gasteiger charge is -2.36. The van der Waals surface area contributed by atoms with E-state index >= 15 is 0 Å². The van der Waals surface area contributed by atoms with Crippen molar-refractivity contribution >= 4 is 40.7 Å². The van der Waals surface area contributed by atoms with Gasteiger partial charge in [-0.3, -0.25) is 9.69 Å². The zero-order valence-electron chi connectivity index (χ0n) is 17.0. The van der Waals surface area contributed by atoms with Gasteiger partial charge in [0.15, 0.2) is 5.75 Å². The van der Waals surface area contributed by atoms with E-state index in [2.05, 4.69) is 26.2 Å². The third kappa shape index (κ3) is 4.82. The minimum atomic E-state index is -0.400. The number of piperazine rings is 1. The SMILES string of the molecule is CC(=O)Oc1ccc(CCN2CCN(c3ccccn3)CC2)c2c1NC(Cl)C(Cl)C2. The van der Waals surface area contributed by atoms with Crippen LogP contribution in [0.25, 0.3) is 0 Å². The van der Waals surface area contributed by atoms with Gasteiger partial charge in [0.25, 0.3) is 0 Å². The molecule has 0 aliphatic carbocycles. The molecule has 0 spiro atoms. The Morgan fingerprint density at radius 1 is 1.20 bits per heavy atom.